The van der Waals surface area contributed by atoms with Gasteiger partial charge in [-0.15, -0.1) is 0 Å². The maximum Gasteiger partial charge on any atom is 0.420 e. The van der Waals surface area contributed by atoms with E-state index in [4.69, 9.17) is 13.9 Å². The van der Waals surface area contributed by atoms with Crippen LogP contribution in [-0.2, 0) is 25.5 Å². The number of carboxylic acid groups (broad SMARTS) is 1. The molecule has 2 N–H and O–H groups in total. The lowest BCUT2D eigenvalue weighted by atomic mass is 10.1. The molecular weight excluding hydrogens is 458 g/mol. The van der Waals surface area contributed by atoms with E-state index in [1.807, 2.05) is 26.8 Å². The number of carbonyl (C=O) groups excluding carboxylic acids is 2. The van der Waals surface area contributed by atoms with Gasteiger partial charge in [-0.3, -0.25) is 19.5 Å². The zero-order valence-corrected chi connectivity index (χ0v) is 20.4. The summed E-state index contributed by atoms with van der Waals surface area (Å²) in [5, 5.41) is 11.5. The van der Waals surface area contributed by atoms with Crippen molar-refractivity contribution in [2.75, 3.05) is 33.0 Å². The van der Waals surface area contributed by atoms with Crippen molar-refractivity contribution in [2.24, 2.45) is 0 Å². The van der Waals surface area contributed by atoms with E-state index < -0.39 is 29.3 Å². The summed E-state index contributed by atoms with van der Waals surface area (Å²) in [7, 11) is 0. The molecule has 3 amide bonds. The molecule has 11 heteroatoms. The monoisotopic (exact) mass is 491 g/mol. The topological polar surface area (TPSA) is 140 Å². The van der Waals surface area contributed by atoms with E-state index in [-0.39, 0.29) is 18.7 Å². The highest BCUT2D eigenvalue weighted by atomic mass is 16.5. The zero-order chi connectivity index (χ0) is 25.6. The third-order valence-electron chi connectivity index (χ3n) is 5.83. The molecule has 2 heterocycles. The molecule has 1 unspecified atom stereocenters. The van der Waals surface area contributed by atoms with Crippen LogP contribution in [0.25, 0.3) is 11.1 Å². The molecule has 1 aromatic heterocycles. The van der Waals surface area contributed by atoms with Crippen molar-refractivity contribution in [1.82, 2.24) is 14.8 Å². The van der Waals surface area contributed by atoms with Crippen molar-refractivity contribution >= 4 is 29.0 Å². The molecule has 0 saturated carbocycles. The average Bonchev–Trinajstić information content (AvgIpc) is 3.08. The lowest BCUT2D eigenvalue weighted by molar-refractivity contribution is -0.135. The Morgan fingerprint density at radius 3 is 2.54 bits per heavy atom. The normalized spacial score (nSPS) is 16.5. The number of nitrogens with zero attached hydrogens (tertiary/aromatic N) is 2. The Kier molecular flexibility index (Phi) is 8.68. The molecule has 0 spiro atoms. The van der Waals surface area contributed by atoms with Gasteiger partial charge in [-0.05, 0) is 57.7 Å². The number of fused-ring (bicyclic) bond motifs is 1. The lowest BCUT2D eigenvalue weighted by Crippen LogP contribution is -2.46. The second-order valence-corrected chi connectivity index (χ2v) is 9.44. The summed E-state index contributed by atoms with van der Waals surface area (Å²) in [6.07, 6.45) is 0.929. The first-order valence-electron chi connectivity index (χ1n) is 11.7. The first kappa shape index (κ1) is 26.4. The van der Waals surface area contributed by atoms with Crippen LogP contribution in [0, 0.1) is 0 Å². The van der Waals surface area contributed by atoms with Crippen LogP contribution in [0.3, 0.4) is 0 Å². The van der Waals surface area contributed by atoms with Gasteiger partial charge in [0, 0.05) is 25.1 Å². The molecule has 1 aromatic carbocycles. The first-order chi connectivity index (χ1) is 16.6. The van der Waals surface area contributed by atoms with Crippen LogP contribution in [-0.4, -0.2) is 71.0 Å². The van der Waals surface area contributed by atoms with Gasteiger partial charge in [-0.1, -0.05) is 6.07 Å². The molecule has 1 aliphatic heterocycles. The maximum absolute atomic E-state index is 12.4. The summed E-state index contributed by atoms with van der Waals surface area (Å²) < 4.78 is 17.7. The molecule has 2 aromatic rings. The fourth-order valence-corrected chi connectivity index (χ4v) is 4.03. The van der Waals surface area contributed by atoms with E-state index in [1.54, 1.807) is 12.1 Å². The Morgan fingerprint density at radius 1 is 1.17 bits per heavy atom. The van der Waals surface area contributed by atoms with Crippen LogP contribution < -0.4 is 11.1 Å². The van der Waals surface area contributed by atoms with Crippen LogP contribution in [0.2, 0.25) is 0 Å². The van der Waals surface area contributed by atoms with E-state index in [1.165, 1.54) is 9.47 Å². The number of aryl methyl sites for hydroxylation is 1. The largest absolute Gasteiger partial charge is 0.465 e. The minimum Gasteiger partial charge on any atom is -0.465 e. The molecule has 1 saturated heterocycles. The van der Waals surface area contributed by atoms with Crippen molar-refractivity contribution < 1.29 is 33.4 Å². The van der Waals surface area contributed by atoms with Gasteiger partial charge in [-0.25, -0.2) is 9.59 Å². The molecule has 11 nitrogen and oxygen atoms in total. The number of imide groups is 1. The predicted octanol–water partition coefficient (Wildman–Crippen LogP) is 2.32. The second kappa shape index (κ2) is 11.5. The summed E-state index contributed by atoms with van der Waals surface area (Å²) in [4.78, 5) is 48.6. The molecule has 0 bridgehead atoms. The van der Waals surface area contributed by atoms with Crippen LogP contribution in [0.15, 0.2) is 27.4 Å². The molecule has 1 atom stereocenters. The maximum atomic E-state index is 12.4. The molecule has 35 heavy (non-hydrogen) atoms. The third kappa shape index (κ3) is 6.92. The number of benzene rings is 1. The van der Waals surface area contributed by atoms with Gasteiger partial charge in [0.2, 0.25) is 11.8 Å². The quantitative estimate of drug-likeness (QED) is 0.360. The fraction of sp³-hybridized carbons (Fsp3) is 0.583. The first-order valence-corrected chi connectivity index (χ1v) is 11.7. The number of oxazole rings is 1. The van der Waals surface area contributed by atoms with Crippen molar-refractivity contribution in [3.8, 4) is 0 Å². The van der Waals surface area contributed by atoms with Gasteiger partial charge in [0.1, 0.15) is 6.04 Å². The Balaban J connectivity index is 1.40. The smallest absolute Gasteiger partial charge is 0.420 e. The minimum absolute atomic E-state index is 0.177. The van der Waals surface area contributed by atoms with E-state index in [9.17, 15) is 24.3 Å². The Morgan fingerprint density at radius 2 is 1.89 bits per heavy atom. The number of hydrogen-bond donors (Lipinski definition) is 2. The molecule has 0 radical (unpaired) electrons. The highest BCUT2D eigenvalue weighted by Gasteiger charge is 2.31. The summed E-state index contributed by atoms with van der Waals surface area (Å²) in [6, 6.07) is 4.66. The summed E-state index contributed by atoms with van der Waals surface area (Å²) in [6.45, 7) is 7.41. The number of hydrogen-bond acceptors (Lipinski definition) is 7. The SMILES string of the molecule is CC(C)(C)N(CCOCCOCCCc1ccc2c(c1)oc(=O)n2C1CCC(=O)NC1=O)C(=O)O. The summed E-state index contributed by atoms with van der Waals surface area (Å²) >= 11 is 0. The Bertz CT molecular complexity index is 1110. The van der Waals surface area contributed by atoms with E-state index in [0.29, 0.717) is 50.5 Å². The average molecular weight is 492 g/mol. The van der Waals surface area contributed by atoms with Crippen molar-refractivity contribution in [3.05, 3.63) is 34.3 Å². The molecular formula is C24H33N3O8. The van der Waals surface area contributed by atoms with Gasteiger partial charge in [0.15, 0.2) is 5.58 Å². The Labute approximate surface area is 203 Å². The van der Waals surface area contributed by atoms with Gasteiger partial charge < -0.3 is 23.9 Å². The number of amides is 3. The number of nitrogens with one attached hydrogen (secondary N) is 1. The highest BCUT2D eigenvalue weighted by Crippen LogP contribution is 2.24. The fourth-order valence-electron chi connectivity index (χ4n) is 4.03. The standard InChI is InChI=1S/C24H33N3O8/c1-24(2,3)26(22(30)31)10-12-34-14-13-33-11-4-5-16-6-7-17-19(15-16)35-23(32)27(17)18-8-9-20(28)25-21(18)29/h6-7,15,18H,4-5,8-14H2,1-3H3,(H,30,31)(H,25,28,29). The van der Waals surface area contributed by atoms with Crippen LogP contribution in [0.4, 0.5) is 4.79 Å². The predicted molar refractivity (Wildman–Crippen MR) is 126 cm³/mol. The van der Waals surface area contributed by atoms with Crippen LogP contribution >= 0.6 is 0 Å². The number of piperidine rings is 1. The molecule has 192 valence electrons. The zero-order valence-electron chi connectivity index (χ0n) is 20.4. The van der Waals surface area contributed by atoms with E-state index in [0.717, 1.165) is 12.0 Å². The van der Waals surface area contributed by atoms with Crippen LogP contribution in [0.1, 0.15) is 51.6 Å². The Hall–Kier alpha value is -3.18. The van der Waals surface area contributed by atoms with Crippen LogP contribution in [0.5, 0.6) is 0 Å². The van der Waals surface area contributed by atoms with Crippen molar-refractivity contribution in [3.63, 3.8) is 0 Å². The summed E-state index contributed by atoms with van der Waals surface area (Å²) in [5.74, 6) is -1.46. The van der Waals surface area contributed by atoms with Crippen molar-refractivity contribution in [2.45, 2.75) is 58.0 Å². The van der Waals surface area contributed by atoms with Gasteiger partial charge in [-0.2, -0.15) is 0 Å². The lowest BCUT2D eigenvalue weighted by Gasteiger charge is -2.32. The third-order valence-corrected chi connectivity index (χ3v) is 5.83. The molecule has 0 aliphatic carbocycles. The highest BCUT2D eigenvalue weighted by molar-refractivity contribution is 6.00. The summed E-state index contributed by atoms with van der Waals surface area (Å²) in [5.41, 5.74) is 1.41. The van der Waals surface area contributed by atoms with Crippen molar-refractivity contribution in [1.29, 1.82) is 0 Å². The molecule has 1 fully saturated rings. The number of carbonyl (C=O) groups is 3. The minimum atomic E-state index is -0.970. The van der Waals surface area contributed by atoms with E-state index in [2.05, 4.69) is 5.32 Å². The van der Waals surface area contributed by atoms with Gasteiger partial charge in [0.25, 0.3) is 0 Å². The molecule has 1 aliphatic rings. The van der Waals surface area contributed by atoms with E-state index >= 15 is 0 Å². The second-order valence-electron chi connectivity index (χ2n) is 9.44. The van der Waals surface area contributed by atoms with Gasteiger partial charge >= 0.3 is 11.8 Å². The molecule has 3 rings (SSSR count). The van der Waals surface area contributed by atoms with Gasteiger partial charge in [0.05, 0.1) is 25.3 Å². The number of ether oxygens (including phenoxy) is 2. The number of aromatic nitrogens is 1. The number of rotatable bonds is 11.